The van der Waals surface area contributed by atoms with Crippen LogP contribution in [-0.4, -0.2) is 47.5 Å². The summed E-state index contributed by atoms with van der Waals surface area (Å²) < 4.78 is 5.45. The van der Waals surface area contributed by atoms with Gasteiger partial charge in [-0.3, -0.25) is 9.59 Å². The standard InChI is InChI=1S/C17H23N3O3/c1-12-4-2-5-13(19-12)16(22)20-9-3-6-17(14(20)15(18)21)7-10-23-11-8-17/h2,4-5,14H,3,6-11H2,1H3,(H2,18,21). The van der Waals surface area contributed by atoms with Crippen LogP contribution < -0.4 is 5.73 Å². The van der Waals surface area contributed by atoms with Crippen molar-refractivity contribution in [2.24, 2.45) is 11.1 Å². The van der Waals surface area contributed by atoms with E-state index in [0.717, 1.165) is 31.4 Å². The van der Waals surface area contributed by atoms with Crippen molar-refractivity contribution in [1.82, 2.24) is 9.88 Å². The summed E-state index contributed by atoms with van der Waals surface area (Å²) in [6.07, 6.45) is 3.33. The summed E-state index contributed by atoms with van der Waals surface area (Å²) in [4.78, 5) is 31.1. The monoisotopic (exact) mass is 317 g/mol. The van der Waals surface area contributed by atoms with E-state index >= 15 is 0 Å². The van der Waals surface area contributed by atoms with Gasteiger partial charge < -0.3 is 15.4 Å². The van der Waals surface area contributed by atoms with E-state index in [1.165, 1.54) is 0 Å². The first-order chi connectivity index (χ1) is 11.0. The molecule has 0 radical (unpaired) electrons. The topological polar surface area (TPSA) is 85.5 Å². The van der Waals surface area contributed by atoms with E-state index in [1.54, 1.807) is 11.0 Å². The number of hydrogen-bond donors (Lipinski definition) is 1. The van der Waals surface area contributed by atoms with E-state index in [2.05, 4.69) is 4.98 Å². The highest BCUT2D eigenvalue weighted by atomic mass is 16.5. The summed E-state index contributed by atoms with van der Waals surface area (Å²) in [5, 5.41) is 0. The highest BCUT2D eigenvalue weighted by Crippen LogP contribution is 2.44. The Bertz CT molecular complexity index is 605. The molecule has 2 N–H and O–H groups in total. The maximum Gasteiger partial charge on any atom is 0.273 e. The largest absolute Gasteiger partial charge is 0.381 e. The Hall–Kier alpha value is -1.95. The molecular formula is C17H23N3O3. The molecule has 1 spiro atoms. The fourth-order valence-corrected chi connectivity index (χ4v) is 3.98. The Kier molecular flexibility index (Phi) is 4.35. The van der Waals surface area contributed by atoms with Crippen molar-refractivity contribution in [2.75, 3.05) is 19.8 Å². The first kappa shape index (κ1) is 15.9. The van der Waals surface area contributed by atoms with Gasteiger partial charge in [-0.1, -0.05) is 6.07 Å². The third-order valence-corrected chi connectivity index (χ3v) is 5.09. The predicted molar refractivity (Wildman–Crippen MR) is 84.7 cm³/mol. The second-order valence-corrected chi connectivity index (χ2v) is 6.55. The molecule has 1 aromatic heterocycles. The van der Waals surface area contributed by atoms with Gasteiger partial charge in [-0.05, 0) is 44.7 Å². The van der Waals surface area contributed by atoms with E-state index in [1.807, 2.05) is 19.1 Å². The smallest absolute Gasteiger partial charge is 0.273 e. The lowest BCUT2D eigenvalue weighted by molar-refractivity contribution is -0.134. The molecule has 0 aliphatic carbocycles. The fraction of sp³-hybridized carbons (Fsp3) is 0.588. The summed E-state index contributed by atoms with van der Waals surface area (Å²) >= 11 is 0. The molecule has 0 saturated carbocycles. The van der Waals surface area contributed by atoms with Gasteiger partial charge in [0.25, 0.3) is 5.91 Å². The number of carbonyl (C=O) groups is 2. The van der Waals surface area contributed by atoms with Crippen molar-refractivity contribution < 1.29 is 14.3 Å². The first-order valence-electron chi connectivity index (χ1n) is 8.15. The number of nitrogens with zero attached hydrogens (tertiary/aromatic N) is 2. The zero-order valence-corrected chi connectivity index (χ0v) is 13.5. The molecule has 3 rings (SSSR count). The van der Waals surface area contributed by atoms with Gasteiger partial charge in [-0.2, -0.15) is 0 Å². The molecule has 2 amide bonds. The van der Waals surface area contributed by atoms with E-state index in [9.17, 15) is 9.59 Å². The molecule has 6 heteroatoms. The van der Waals surface area contributed by atoms with Crippen LogP contribution in [0.5, 0.6) is 0 Å². The normalized spacial score (nSPS) is 23.7. The predicted octanol–water partition coefficient (Wildman–Crippen LogP) is 1.28. The molecule has 23 heavy (non-hydrogen) atoms. The third kappa shape index (κ3) is 2.95. The second kappa shape index (κ2) is 6.28. The number of ether oxygens (including phenoxy) is 1. The molecule has 2 aliphatic heterocycles. The summed E-state index contributed by atoms with van der Waals surface area (Å²) in [7, 11) is 0. The fourth-order valence-electron chi connectivity index (χ4n) is 3.98. The molecule has 124 valence electrons. The van der Waals surface area contributed by atoms with Crippen LogP contribution >= 0.6 is 0 Å². The molecule has 1 unspecified atom stereocenters. The van der Waals surface area contributed by atoms with Crippen molar-refractivity contribution in [2.45, 2.75) is 38.6 Å². The van der Waals surface area contributed by atoms with Crippen LogP contribution in [0.25, 0.3) is 0 Å². The molecular weight excluding hydrogens is 294 g/mol. The zero-order valence-electron chi connectivity index (χ0n) is 13.5. The van der Waals surface area contributed by atoms with Gasteiger partial charge in [0.15, 0.2) is 0 Å². The lowest BCUT2D eigenvalue weighted by Gasteiger charge is -2.50. The molecule has 1 aromatic rings. The van der Waals surface area contributed by atoms with Crippen LogP contribution in [0.3, 0.4) is 0 Å². The van der Waals surface area contributed by atoms with Gasteiger partial charge in [-0.15, -0.1) is 0 Å². The Balaban J connectivity index is 1.93. The van der Waals surface area contributed by atoms with Crippen molar-refractivity contribution in [3.8, 4) is 0 Å². The minimum Gasteiger partial charge on any atom is -0.381 e. The van der Waals surface area contributed by atoms with Crippen molar-refractivity contribution >= 4 is 11.8 Å². The van der Waals surface area contributed by atoms with E-state index in [-0.39, 0.29) is 11.3 Å². The van der Waals surface area contributed by atoms with Crippen LogP contribution in [0.2, 0.25) is 0 Å². The molecule has 2 saturated heterocycles. The number of rotatable bonds is 2. The van der Waals surface area contributed by atoms with Crippen LogP contribution in [-0.2, 0) is 9.53 Å². The lowest BCUT2D eigenvalue weighted by Crippen LogP contribution is -2.61. The Morgan fingerprint density at radius 2 is 2.04 bits per heavy atom. The van der Waals surface area contributed by atoms with Crippen molar-refractivity contribution in [3.63, 3.8) is 0 Å². The van der Waals surface area contributed by atoms with Crippen LogP contribution in [0.15, 0.2) is 18.2 Å². The molecule has 0 bridgehead atoms. The average molecular weight is 317 g/mol. The summed E-state index contributed by atoms with van der Waals surface area (Å²) in [5.74, 6) is -0.629. The number of pyridine rings is 1. The average Bonchev–Trinajstić information content (AvgIpc) is 2.54. The lowest BCUT2D eigenvalue weighted by atomic mass is 9.67. The molecule has 1 atom stereocenters. The van der Waals surface area contributed by atoms with Gasteiger partial charge in [0.2, 0.25) is 5.91 Å². The Morgan fingerprint density at radius 1 is 1.30 bits per heavy atom. The van der Waals surface area contributed by atoms with E-state index in [0.29, 0.717) is 25.5 Å². The van der Waals surface area contributed by atoms with Gasteiger partial charge >= 0.3 is 0 Å². The number of primary amides is 1. The minimum atomic E-state index is -0.574. The number of hydrogen-bond acceptors (Lipinski definition) is 4. The highest BCUT2D eigenvalue weighted by molar-refractivity contribution is 5.96. The Labute approximate surface area is 136 Å². The van der Waals surface area contributed by atoms with Gasteiger partial charge in [-0.25, -0.2) is 4.98 Å². The highest BCUT2D eigenvalue weighted by Gasteiger charge is 2.50. The van der Waals surface area contributed by atoms with Crippen molar-refractivity contribution in [3.05, 3.63) is 29.6 Å². The van der Waals surface area contributed by atoms with Crippen LogP contribution in [0, 0.1) is 12.3 Å². The SMILES string of the molecule is Cc1cccc(C(=O)N2CCCC3(CCOCC3)C2C(N)=O)n1. The zero-order chi connectivity index (χ0) is 16.4. The molecule has 3 heterocycles. The van der Waals surface area contributed by atoms with Gasteiger partial charge in [0, 0.05) is 30.9 Å². The van der Waals surface area contributed by atoms with Crippen LogP contribution in [0.4, 0.5) is 0 Å². The number of piperidine rings is 1. The maximum atomic E-state index is 12.9. The van der Waals surface area contributed by atoms with E-state index in [4.69, 9.17) is 10.5 Å². The number of aryl methyl sites for hydroxylation is 1. The second-order valence-electron chi connectivity index (χ2n) is 6.55. The van der Waals surface area contributed by atoms with Crippen molar-refractivity contribution in [1.29, 1.82) is 0 Å². The summed E-state index contributed by atoms with van der Waals surface area (Å²) in [6.45, 7) is 3.63. The van der Waals surface area contributed by atoms with Gasteiger partial charge in [0.05, 0.1) is 0 Å². The maximum absolute atomic E-state index is 12.9. The molecule has 6 nitrogen and oxygen atoms in total. The van der Waals surface area contributed by atoms with E-state index < -0.39 is 11.9 Å². The summed E-state index contributed by atoms with van der Waals surface area (Å²) in [5.41, 5.74) is 6.62. The third-order valence-electron chi connectivity index (χ3n) is 5.09. The number of aromatic nitrogens is 1. The number of nitrogens with two attached hydrogens (primary N) is 1. The molecule has 0 aromatic carbocycles. The molecule has 2 fully saturated rings. The van der Waals surface area contributed by atoms with Crippen LogP contribution in [0.1, 0.15) is 41.9 Å². The number of carbonyl (C=O) groups excluding carboxylic acids is 2. The molecule has 2 aliphatic rings. The summed E-state index contributed by atoms with van der Waals surface area (Å²) in [6, 6.07) is 4.77. The van der Waals surface area contributed by atoms with Gasteiger partial charge in [0.1, 0.15) is 11.7 Å². The quantitative estimate of drug-likeness (QED) is 0.890. The number of amides is 2. The first-order valence-corrected chi connectivity index (χ1v) is 8.15. The minimum absolute atomic E-state index is 0.205. The number of likely N-dealkylation sites (tertiary alicyclic amines) is 1. The Morgan fingerprint density at radius 3 is 2.70 bits per heavy atom.